The van der Waals surface area contributed by atoms with Crippen LogP contribution in [-0.2, 0) is 24.2 Å². The second kappa shape index (κ2) is 7.91. The maximum absolute atomic E-state index is 12.5. The number of halogens is 1. The van der Waals surface area contributed by atoms with Gasteiger partial charge in [0.2, 0.25) is 0 Å². The zero-order valence-corrected chi connectivity index (χ0v) is 16.7. The molecule has 0 unspecified atom stereocenters. The molecule has 0 atom stereocenters. The fourth-order valence-electron chi connectivity index (χ4n) is 3.48. The molecule has 3 nitrogen and oxygen atoms in total. The van der Waals surface area contributed by atoms with Gasteiger partial charge in [0.1, 0.15) is 11.8 Å². The Morgan fingerprint density at radius 3 is 2.74 bits per heavy atom. The SMILES string of the molecule is CSc1ccc2cc(COC(=O)c3ccc4c(c3)CCCC4)c(Cl)nc2c1. The van der Waals surface area contributed by atoms with Crippen molar-refractivity contribution in [1.29, 1.82) is 0 Å². The van der Waals surface area contributed by atoms with Crippen LogP contribution < -0.4 is 0 Å². The lowest BCUT2D eigenvalue weighted by Crippen LogP contribution is -2.09. The number of nitrogens with zero attached hydrogens (tertiary/aromatic N) is 1. The van der Waals surface area contributed by atoms with Gasteiger partial charge in [0.15, 0.2) is 0 Å². The minimum atomic E-state index is -0.322. The predicted octanol–water partition coefficient (Wildman–Crippen LogP) is 5.85. The average Bonchev–Trinajstić information content (AvgIpc) is 2.71. The maximum atomic E-state index is 12.5. The largest absolute Gasteiger partial charge is 0.457 e. The highest BCUT2D eigenvalue weighted by atomic mass is 35.5. The van der Waals surface area contributed by atoms with E-state index in [-0.39, 0.29) is 12.6 Å². The molecular weight excluding hydrogens is 378 g/mol. The standard InChI is InChI=1S/C22H20ClNO2S/c1-27-19-9-8-16-11-18(21(23)24-20(16)12-19)13-26-22(25)17-7-6-14-4-2-3-5-15(14)10-17/h6-12H,2-5,13H2,1H3. The molecule has 0 bridgehead atoms. The Bertz CT molecular complexity index is 1020. The molecule has 27 heavy (non-hydrogen) atoms. The summed E-state index contributed by atoms with van der Waals surface area (Å²) in [6, 6.07) is 13.9. The average molecular weight is 398 g/mol. The molecule has 5 heteroatoms. The van der Waals surface area contributed by atoms with Gasteiger partial charge in [-0.3, -0.25) is 0 Å². The molecule has 0 fully saturated rings. The van der Waals surface area contributed by atoms with Crippen molar-refractivity contribution in [2.45, 2.75) is 37.2 Å². The van der Waals surface area contributed by atoms with Crippen molar-refractivity contribution in [2.24, 2.45) is 0 Å². The number of thioether (sulfide) groups is 1. The van der Waals surface area contributed by atoms with E-state index in [9.17, 15) is 4.79 Å². The van der Waals surface area contributed by atoms with Crippen molar-refractivity contribution in [2.75, 3.05) is 6.26 Å². The number of esters is 1. The minimum Gasteiger partial charge on any atom is -0.457 e. The molecule has 0 amide bonds. The Balaban J connectivity index is 1.51. The third kappa shape index (κ3) is 3.97. The first-order chi connectivity index (χ1) is 13.1. The summed E-state index contributed by atoms with van der Waals surface area (Å²) in [4.78, 5) is 18.1. The van der Waals surface area contributed by atoms with Gasteiger partial charge in [0, 0.05) is 15.8 Å². The van der Waals surface area contributed by atoms with Gasteiger partial charge >= 0.3 is 5.97 Å². The molecule has 0 spiro atoms. The molecule has 1 aliphatic rings. The van der Waals surface area contributed by atoms with Gasteiger partial charge in [0.05, 0.1) is 11.1 Å². The fraction of sp³-hybridized carbons (Fsp3) is 0.273. The van der Waals surface area contributed by atoms with Crippen LogP contribution in [0.2, 0.25) is 5.15 Å². The van der Waals surface area contributed by atoms with Gasteiger partial charge in [-0.15, -0.1) is 11.8 Å². The number of aromatic nitrogens is 1. The first kappa shape index (κ1) is 18.3. The van der Waals surface area contributed by atoms with Gasteiger partial charge in [-0.2, -0.15) is 0 Å². The number of benzene rings is 2. The second-order valence-electron chi connectivity index (χ2n) is 6.76. The van der Waals surface area contributed by atoms with E-state index in [0.717, 1.165) is 28.6 Å². The highest BCUT2D eigenvalue weighted by molar-refractivity contribution is 7.98. The van der Waals surface area contributed by atoms with E-state index >= 15 is 0 Å². The van der Waals surface area contributed by atoms with Crippen LogP contribution in [0.1, 0.15) is 39.9 Å². The van der Waals surface area contributed by atoms with Crippen molar-refractivity contribution >= 4 is 40.2 Å². The Morgan fingerprint density at radius 1 is 1.11 bits per heavy atom. The summed E-state index contributed by atoms with van der Waals surface area (Å²) in [6.45, 7) is 0.113. The highest BCUT2D eigenvalue weighted by Crippen LogP contribution is 2.26. The van der Waals surface area contributed by atoms with Crippen LogP contribution in [0.5, 0.6) is 0 Å². The Hall–Kier alpha value is -2.04. The maximum Gasteiger partial charge on any atom is 0.338 e. The van der Waals surface area contributed by atoms with Crippen LogP contribution in [0.4, 0.5) is 0 Å². The van der Waals surface area contributed by atoms with Crippen molar-refractivity contribution in [1.82, 2.24) is 4.98 Å². The summed E-state index contributed by atoms with van der Waals surface area (Å²) in [6.07, 6.45) is 6.57. The molecule has 2 aromatic carbocycles. The summed E-state index contributed by atoms with van der Waals surface area (Å²) in [5.74, 6) is -0.322. The van der Waals surface area contributed by atoms with Crippen molar-refractivity contribution in [3.05, 3.63) is 69.9 Å². The number of carbonyl (C=O) groups excluding carboxylic acids is 1. The molecule has 0 N–H and O–H groups in total. The van der Waals surface area contributed by atoms with Gasteiger partial charge in [-0.25, -0.2) is 9.78 Å². The molecule has 3 aromatic rings. The summed E-state index contributed by atoms with van der Waals surface area (Å²) in [5, 5.41) is 1.36. The zero-order valence-electron chi connectivity index (χ0n) is 15.1. The number of fused-ring (bicyclic) bond motifs is 2. The number of hydrogen-bond donors (Lipinski definition) is 0. The van der Waals surface area contributed by atoms with E-state index in [1.807, 2.05) is 42.7 Å². The number of carbonyl (C=O) groups is 1. The smallest absolute Gasteiger partial charge is 0.338 e. The molecule has 0 aliphatic heterocycles. The summed E-state index contributed by atoms with van der Waals surface area (Å²) in [7, 11) is 0. The lowest BCUT2D eigenvalue weighted by molar-refractivity contribution is 0.0472. The molecule has 0 saturated carbocycles. The van der Waals surface area contributed by atoms with Gasteiger partial charge in [0.25, 0.3) is 0 Å². The van der Waals surface area contributed by atoms with Gasteiger partial charge in [-0.1, -0.05) is 23.7 Å². The Labute approximate surface area is 168 Å². The summed E-state index contributed by atoms with van der Waals surface area (Å²) < 4.78 is 5.51. The minimum absolute atomic E-state index is 0.113. The zero-order chi connectivity index (χ0) is 18.8. The topological polar surface area (TPSA) is 39.2 Å². The van der Waals surface area contributed by atoms with Gasteiger partial charge < -0.3 is 4.74 Å². The molecule has 0 saturated heterocycles. The van der Waals surface area contributed by atoms with E-state index < -0.39 is 0 Å². The monoisotopic (exact) mass is 397 g/mol. The van der Waals surface area contributed by atoms with Crippen molar-refractivity contribution in [3.8, 4) is 0 Å². The summed E-state index contributed by atoms with van der Waals surface area (Å²) in [5.41, 5.74) is 4.78. The second-order valence-corrected chi connectivity index (χ2v) is 8.00. The first-order valence-electron chi connectivity index (χ1n) is 9.06. The first-order valence-corrected chi connectivity index (χ1v) is 10.7. The van der Waals surface area contributed by atoms with Crippen molar-refractivity contribution < 1.29 is 9.53 Å². The van der Waals surface area contributed by atoms with Crippen LogP contribution in [0.3, 0.4) is 0 Å². The molecule has 1 aliphatic carbocycles. The van der Waals surface area contributed by atoms with E-state index in [1.54, 1.807) is 11.8 Å². The van der Waals surface area contributed by atoms with E-state index in [1.165, 1.54) is 24.0 Å². The molecule has 0 radical (unpaired) electrons. The van der Waals surface area contributed by atoms with Crippen LogP contribution in [0.25, 0.3) is 10.9 Å². The number of rotatable bonds is 4. The molecular formula is C22H20ClNO2S. The molecule has 1 aromatic heterocycles. The Morgan fingerprint density at radius 2 is 1.93 bits per heavy atom. The fourth-order valence-corrected chi connectivity index (χ4v) is 4.12. The van der Waals surface area contributed by atoms with Crippen LogP contribution >= 0.6 is 23.4 Å². The van der Waals surface area contributed by atoms with E-state index in [2.05, 4.69) is 11.1 Å². The predicted molar refractivity (Wildman–Crippen MR) is 111 cm³/mol. The highest BCUT2D eigenvalue weighted by Gasteiger charge is 2.15. The quantitative estimate of drug-likeness (QED) is 0.314. The molecule has 1 heterocycles. The van der Waals surface area contributed by atoms with E-state index in [4.69, 9.17) is 16.3 Å². The van der Waals surface area contributed by atoms with Gasteiger partial charge in [-0.05, 0) is 73.4 Å². The number of pyridine rings is 1. The lowest BCUT2D eigenvalue weighted by Gasteiger charge is -2.16. The van der Waals surface area contributed by atoms with Crippen LogP contribution in [0.15, 0.2) is 47.4 Å². The molecule has 4 rings (SSSR count). The number of ether oxygens (including phenoxy) is 1. The third-order valence-corrected chi connectivity index (χ3v) is 6.05. The van der Waals surface area contributed by atoms with Crippen LogP contribution in [0, 0.1) is 0 Å². The molecule has 138 valence electrons. The normalized spacial score (nSPS) is 13.4. The van der Waals surface area contributed by atoms with Crippen molar-refractivity contribution in [3.63, 3.8) is 0 Å². The van der Waals surface area contributed by atoms with E-state index in [0.29, 0.717) is 16.3 Å². The lowest BCUT2D eigenvalue weighted by atomic mass is 9.90. The Kier molecular flexibility index (Phi) is 5.37. The summed E-state index contributed by atoms with van der Waals surface area (Å²) >= 11 is 7.98. The third-order valence-electron chi connectivity index (χ3n) is 4.99. The number of hydrogen-bond acceptors (Lipinski definition) is 4. The number of aryl methyl sites for hydroxylation is 2. The van der Waals surface area contributed by atoms with Crippen LogP contribution in [-0.4, -0.2) is 17.2 Å².